The van der Waals surface area contributed by atoms with Gasteiger partial charge in [0.05, 0.1) is 10.9 Å². The standard InChI is InChI=1S/C21H22N4O3/c26-19(14-25-18-9-5-4-8-17(18)20(27)23-21(25)28)22-16-10-11-24(13-16)12-15-6-2-1-3-7-15/h1-9,16H,10-14H2,(H,22,26)(H,23,27,28)/t16-/m1/s1. The summed E-state index contributed by atoms with van der Waals surface area (Å²) < 4.78 is 1.31. The van der Waals surface area contributed by atoms with Crippen LogP contribution in [0, 0.1) is 0 Å². The molecule has 0 radical (unpaired) electrons. The molecule has 3 aromatic rings. The number of amides is 1. The second-order valence-corrected chi connectivity index (χ2v) is 7.14. The zero-order chi connectivity index (χ0) is 19.5. The highest BCUT2D eigenvalue weighted by atomic mass is 16.2. The maximum Gasteiger partial charge on any atom is 0.329 e. The van der Waals surface area contributed by atoms with Crippen molar-refractivity contribution in [1.29, 1.82) is 0 Å². The topological polar surface area (TPSA) is 87.2 Å². The summed E-state index contributed by atoms with van der Waals surface area (Å²) in [6.45, 7) is 2.44. The SMILES string of the molecule is O=C(Cn1c(=O)[nH]c(=O)c2ccccc21)N[C@@H]1CCN(Cc2ccccc2)C1. The van der Waals surface area contributed by atoms with Crippen molar-refractivity contribution in [2.75, 3.05) is 13.1 Å². The zero-order valence-electron chi connectivity index (χ0n) is 15.4. The number of benzene rings is 2. The second kappa shape index (κ2) is 7.82. The van der Waals surface area contributed by atoms with Crippen molar-refractivity contribution in [3.63, 3.8) is 0 Å². The Hall–Kier alpha value is -3.19. The third kappa shape index (κ3) is 3.89. The summed E-state index contributed by atoms with van der Waals surface area (Å²) in [5, 5.41) is 3.41. The van der Waals surface area contributed by atoms with Crippen molar-refractivity contribution in [2.45, 2.75) is 25.6 Å². The highest BCUT2D eigenvalue weighted by Gasteiger charge is 2.24. The summed E-state index contributed by atoms with van der Waals surface area (Å²) in [5.41, 5.74) is 0.699. The minimum Gasteiger partial charge on any atom is -0.350 e. The highest BCUT2D eigenvalue weighted by Crippen LogP contribution is 2.13. The zero-order valence-corrected chi connectivity index (χ0v) is 15.4. The molecule has 28 heavy (non-hydrogen) atoms. The van der Waals surface area contributed by atoms with Gasteiger partial charge in [0, 0.05) is 25.7 Å². The Morgan fingerprint density at radius 1 is 1.07 bits per heavy atom. The van der Waals surface area contributed by atoms with Gasteiger partial charge in [0.1, 0.15) is 6.54 Å². The fourth-order valence-electron chi connectivity index (χ4n) is 3.75. The number of para-hydroxylation sites is 1. The number of aromatic nitrogens is 2. The van der Waals surface area contributed by atoms with Gasteiger partial charge in [-0.05, 0) is 24.1 Å². The molecule has 7 nitrogen and oxygen atoms in total. The van der Waals surface area contributed by atoms with E-state index in [1.54, 1.807) is 24.3 Å². The average Bonchev–Trinajstić information content (AvgIpc) is 3.12. The molecule has 0 aliphatic carbocycles. The molecule has 0 unspecified atom stereocenters. The fourth-order valence-corrected chi connectivity index (χ4v) is 3.75. The molecule has 4 rings (SSSR count). The Morgan fingerprint density at radius 3 is 2.64 bits per heavy atom. The van der Waals surface area contributed by atoms with Crippen molar-refractivity contribution in [3.8, 4) is 0 Å². The molecule has 0 bridgehead atoms. The van der Waals surface area contributed by atoms with Crippen LogP contribution in [-0.2, 0) is 17.9 Å². The molecule has 0 saturated carbocycles. The van der Waals surface area contributed by atoms with E-state index in [9.17, 15) is 14.4 Å². The van der Waals surface area contributed by atoms with Crippen LogP contribution in [-0.4, -0.2) is 39.5 Å². The first-order valence-corrected chi connectivity index (χ1v) is 9.37. The highest BCUT2D eigenvalue weighted by molar-refractivity contribution is 5.81. The number of hydrogen-bond acceptors (Lipinski definition) is 4. The van der Waals surface area contributed by atoms with Gasteiger partial charge in [-0.15, -0.1) is 0 Å². The number of nitrogens with one attached hydrogen (secondary N) is 2. The summed E-state index contributed by atoms with van der Waals surface area (Å²) in [6, 6.07) is 17.1. The van der Waals surface area contributed by atoms with Crippen molar-refractivity contribution >= 4 is 16.8 Å². The Labute approximate surface area is 161 Å². The number of H-pyrrole nitrogens is 1. The minimum atomic E-state index is -0.573. The van der Waals surface area contributed by atoms with Crippen molar-refractivity contribution in [1.82, 2.24) is 19.8 Å². The lowest BCUT2D eigenvalue weighted by Gasteiger charge is -2.17. The number of aromatic amines is 1. The molecule has 1 aromatic heterocycles. The molecule has 1 saturated heterocycles. The first kappa shape index (κ1) is 18.2. The van der Waals surface area contributed by atoms with Gasteiger partial charge in [0.2, 0.25) is 5.91 Å². The normalized spacial score (nSPS) is 17.1. The van der Waals surface area contributed by atoms with E-state index in [0.29, 0.717) is 10.9 Å². The predicted octanol–water partition coefficient (Wildman–Crippen LogP) is 1.08. The van der Waals surface area contributed by atoms with Gasteiger partial charge in [-0.3, -0.25) is 24.0 Å². The van der Waals surface area contributed by atoms with Crippen LogP contribution in [0.25, 0.3) is 10.9 Å². The molecule has 1 aliphatic heterocycles. The Morgan fingerprint density at radius 2 is 1.82 bits per heavy atom. The summed E-state index contributed by atoms with van der Waals surface area (Å²) in [6.07, 6.45) is 0.875. The summed E-state index contributed by atoms with van der Waals surface area (Å²) >= 11 is 0. The summed E-state index contributed by atoms with van der Waals surface area (Å²) in [4.78, 5) is 41.2. The Bertz CT molecular complexity index is 1100. The van der Waals surface area contributed by atoms with E-state index in [1.165, 1.54) is 10.1 Å². The second-order valence-electron chi connectivity index (χ2n) is 7.14. The predicted molar refractivity (Wildman–Crippen MR) is 107 cm³/mol. The fraction of sp³-hybridized carbons (Fsp3) is 0.286. The van der Waals surface area contributed by atoms with Crippen LogP contribution in [0.5, 0.6) is 0 Å². The molecule has 2 N–H and O–H groups in total. The summed E-state index contributed by atoms with van der Waals surface area (Å²) in [5.74, 6) is -0.231. The lowest BCUT2D eigenvalue weighted by molar-refractivity contribution is -0.122. The molecule has 0 spiro atoms. The maximum atomic E-state index is 12.5. The van der Waals surface area contributed by atoms with Gasteiger partial charge in [-0.1, -0.05) is 42.5 Å². The molecule has 1 atom stereocenters. The molecule has 2 aromatic carbocycles. The van der Waals surface area contributed by atoms with Gasteiger partial charge in [-0.2, -0.15) is 0 Å². The third-order valence-electron chi connectivity index (χ3n) is 5.09. The molecule has 2 heterocycles. The number of carbonyl (C=O) groups is 1. The molecular formula is C21H22N4O3. The Balaban J connectivity index is 1.41. The van der Waals surface area contributed by atoms with Gasteiger partial charge >= 0.3 is 5.69 Å². The van der Waals surface area contributed by atoms with Gasteiger partial charge in [-0.25, -0.2) is 4.79 Å². The Kier molecular flexibility index (Phi) is 5.08. The average molecular weight is 378 g/mol. The first-order chi connectivity index (χ1) is 13.6. The lowest BCUT2D eigenvalue weighted by Crippen LogP contribution is -2.41. The minimum absolute atomic E-state index is 0.0564. The smallest absolute Gasteiger partial charge is 0.329 e. The molecular weight excluding hydrogens is 356 g/mol. The summed E-state index contributed by atoms with van der Waals surface area (Å²) in [7, 11) is 0. The van der Waals surface area contributed by atoms with E-state index in [0.717, 1.165) is 26.1 Å². The van der Waals surface area contributed by atoms with Crippen molar-refractivity contribution < 1.29 is 4.79 Å². The number of nitrogens with zero attached hydrogens (tertiary/aromatic N) is 2. The van der Waals surface area contributed by atoms with Crippen LogP contribution in [0.15, 0.2) is 64.2 Å². The third-order valence-corrected chi connectivity index (χ3v) is 5.09. The van der Waals surface area contributed by atoms with E-state index in [1.807, 2.05) is 18.2 Å². The van der Waals surface area contributed by atoms with Crippen molar-refractivity contribution in [3.05, 3.63) is 81.0 Å². The van der Waals surface area contributed by atoms with Crippen LogP contribution < -0.4 is 16.6 Å². The number of rotatable bonds is 5. The molecule has 1 aliphatic rings. The van der Waals surface area contributed by atoms with E-state index < -0.39 is 11.2 Å². The maximum absolute atomic E-state index is 12.5. The van der Waals surface area contributed by atoms with E-state index >= 15 is 0 Å². The van der Waals surface area contributed by atoms with Gasteiger partial charge < -0.3 is 5.32 Å². The first-order valence-electron chi connectivity index (χ1n) is 9.37. The number of likely N-dealkylation sites (tertiary alicyclic amines) is 1. The molecule has 1 fully saturated rings. The molecule has 7 heteroatoms. The van der Waals surface area contributed by atoms with Crippen LogP contribution in [0.3, 0.4) is 0 Å². The van der Waals surface area contributed by atoms with Gasteiger partial charge in [0.25, 0.3) is 5.56 Å². The quantitative estimate of drug-likeness (QED) is 0.696. The van der Waals surface area contributed by atoms with Gasteiger partial charge in [0.15, 0.2) is 0 Å². The van der Waals surface area contributed by atoms with Crippen LogP contribution in [0.4, 0.5) is 0 Å². The van der Waals surface area contributed by atoms with Crippen LogP contribution >= 0.6 is 0 Å². The number of carbonyl (C=O) groups excluding carboxylic acids is 1. The van der Waals surface area contributed by atoms with Crippen molar-refractivity contribution in [2.24, 2.45) is 0 Å². The monoisotopic (exact) mass is 378 g/mol. The molecule has 144 valence electrons. The largest absolute Gasteiger partial charge is 0.350 e. The lowest BCUT2D eigenvalue weighted by atomic mass is 10.2. The van der Waals surface area contributed by atoms with Crippen LogP contribution in [0.2, 0.25) is 0 Å². The van der Waals surface area contributed by atoms with E-state index in [4.69, 9.17) is 0 Å². The van der Waals surface area contributed by atoms with E-state index in [2.05, 4.69) is 27.3 Å². The molecule has 1 amide bonds. The number of hydrogen-bond donors (Lipinski definition) is 2. The van der Waals surface area contributed by atoms with E-state index in [-0.39, 0.29) is 18.5 Å². The van der Waals surface area contributed by atoms with Crippen LogP contribution in [0.1, 0.15) is 12.0 Å². The number of fused-ring (bicyclic) bond motifs is 1.